The third-order valence-electron chi connectivity index (χ3n) is 2.11. The molecule has 0 saturated heterocycles. The molecule has 3 N–H and O–H groups in total. The van der Waals surface area contributed by atoms with Crippen LogP contribution in [0.2, 0.25) is 0 Å². The molecule has 0 aliphatic carbocycles. The molecule has 0 saturated carbocycles. The van der Waals surface area contributed by atoms with Crippen molar-refractivity contribution in [3.63, 3.8) is 0 Å². The number of thiazole rings is 1. The zero-order chi connectivity index (χ0) is 10.1. The summed E-state index contributed by atoms with van der Waals surface area (Å²) in [6.07, 6.45) is 1.66. The predicted octanol–water partition coefficient (Wildman–Crippen LogP) is 0.833. The normalized spacial score (nSPS) is 14.1. The number of rotatable bonds is 3. The van der Waals surface area contributed by atoms with E-state index in [4.69, 9.17) is 10.8 Å². The number of hydrogen-bond donors (Lipinski definition) is 2. The highest BCUT2D eigenvalue weighted by molar-refractivity contribution is 7.09. The predicted molar refractivity (Wildman–Crippen MR) is 50.8 cm³/mol. The molecule has 0 aromatic carbocycles. The molecule has 0 aliphatic rings. The van der Waals surface area contributed by atoms with E-state index in [0.717, 1.165) is 4.88 Å². The highest BCUT2D eigenvalue weighted by Crippen LogP contribution is 2.28. The Bertz CT molecular complexity index is 295. The Balaban J connectivity index is 2.95. The first-order valence-corrected chi connectivity index (χ1v) is 4.71. The van der Waals surface area contributed by atoms with Gasteiger partial charge in [0, 0.05) is 16.5 Å². The lowest BCUT2D eigenvalue weighted by molar-refractivity contribution is -0.140. The Morgan fingerprint density at radius 3 is 2.77 bits per heavy atom. The number of carbonyl (C=O) groups is 1. The number of hydrogen-bond acceptors (Lipinski definition) is 4. The van der Waals surface area contributed by atoms with Gasteiger partial charge in [0.05, 0.1) is 5.51 Å². The van der Waals surface area contributed by atoms with Crippen LogP contribution in [0.4, 0.5) is 0 Å². The fraction of sp³-hybridized carbons (Fsp3) is 0.500. The number of carboxylic acid groups (broad SMARTS) is 1. The van der Waals surface area contributed by atoms with E-state index >= 15 is 0 Å². The van der Waals surface area contributed by atoms with Gasteiger partial charge >= 0.3 is 5.97 Å². The van der Waals surface area contributed by atoms with Crippen LogP contribution in [0.15, 0.2) is 11.7 Å². The maximum Gasteiger partial charge on any atom is 0.321 e. The molecule has 1 unspecified atom stereocenters. The summed E-state index contributed by atoms with van der Waals surface area (Å²) in [5.41, 5.74) is 6.67. The molecule has 1 aromatic heterocycles. The molecule has 1 heterocycles. The van der Waals surface area contributed by atoms with Gasteiger partial charge in [-0.1, -0.05) is 13.8 Å². The monoisotopic (exact) mass is 200 g/mol. The van der Waals surface area contributed by atoms with Crippen molar-refractivity contribution in [2.75, 3.05) is 0 Å². The molecule has 0 aliphatic heterocycles. The smallest absolute Gasteiger partial charge is 0.321 e. The lowest BCUT2D eigenvalue weighted by Gasteiger charge is -2.26. The molecule has 0 spiro atoms. The summed E-state index contributed by atoms with van der Waals surface area (Å²) < 4.78 is 0. The first-order valence-electron chi connectivity index (χ1n) is 3.83. The first kappa shape index (κ1) is 10.1. The van der Waals surface area contributed by atoms with Gasteiger partial charge in [0.1, 0.15) is 6.04 Å². The Hall–Kier alpha value is -0.940. The number of carboxylic acids is 1. The van der Waals surface area contributed by atoms with E-state index in [1.54, 1.807) is 25.6 Å². The number of aromatic nitrogens is 1. The van der Waals surface area contributed by atoms with Gasteiger partial charge in [-0.05, 0) is 0 Å². The zero-order valence-electron chi connectivity index (χ0n) is 7.52. The second kappa shape index (κ2) is 3.43. The van der Waals surface area contributed by atoms with E-state index in [2.05, 4.69) is 4.98 Å². The highest BCUT2D eigenvalue weighted by atomic mass is 32.1. The van der Waals surface area contributed by atoms with Crippen LogP contribution >= 0.6 is 11.3 Å². The molecule has 0 amide bonds. The topological polar surface area (TPSA) is 76.2 Å². The second-order valence-electron chi connectivity index (χ2n) is 3.40. The van der Waals surface area contributed by atoms with Gasteiger partial charge in [0.25, 0.3) is 0 Å². The summed E-state index contributed by atoms with van der Waals surface area (Å²) in [6, 6.07) is -0.895. The van der Waals surface area contributed by atoms with Crippen molar-refractivity contribution in [3.05, 3.63) is 16.6 Å². The van der Waals surface area contributed by atoms with E-state index in [1.165, 1.54) is 11.3 Å². The SMILES string of the molecule is CC(C)(c1cncs1)C(N)C(=O)O. The zero-order valence-corrected chi connectivity index (χ0v) is 8.34. The van der Waals surface area contributed by atoms with Gasteiger partial charge in [-0.15, -0.1) is 11.3 Å². The standard InChI is InChI=1S/C8H12N2O2S/c1-8(2,6(9)7(11)12)5-3-10-4-13-5/h3-4,6H,9H2,1-2H3,(H,11,12). The van der Waals surface area contributed by atoms with Crippen molar-refractivity contribution < 1.29 is 9.90 Å². The highest BCUT2D eigenvalue weighted by Gasteiger charge is 2.34. The first-order chi connectivity index (χ1) is 5.96. The Kier molecular flexibility index (Phi) is 2.68. The van der Waals surface area contributed by atoms with E-state index in [0.29, 0.717) is 0 Å². The fourth-order valence-corrected chi connectivity index (χ4v) is 1.78. The minimum absolute atomic E-state index is 0.562. The molecule has 5 heteroatoms. The van der Waals surface area contributed by atoms with Crippen molar-refractivity contribution >= 4 is 17.3 Å². The average molecular weight is 200 g/mol. The van der Waals surface area contributed by atoms with E-state index < -0.39 is 17.4 Å². The van der Waals surface area contributed by atoms with Crippen molar-refractivity contribution in [3.8, 4) is 0 Å². The molecule has 1 aromatic rings. The van der Waals surface area contributed by atoms with Crippen LogP contribution in [0.5, 0.6) is 0 Å². The summed E-state index contributed by atoms with van der Waals surface area (Å²) in [4.78, 5) is 15.5. The van der Waals surface area contributed by atoms with Gasteiger partial charge in [-0.3, -0.25) is 9.78 Å². The van der Waals surface area contributed by atoms with E-state index in [9.17, 15) is 4.79 Å². The number of nitrogens with two attached hydrogens (primary N) is 1. The molecule has 72 valence electrons. The summed E-state index contributed by atoms with van der Waals surface area (Å²) in [5.74, 6) is -0.988. The summed E-state index contributed by atoms with van der Waals surface area (Å²) in [5, 5.41) is 8.78. The maximum absolute atomic E-state index is 10.7. The Labute approximate surface area is 80.4 Å². The molecule has 0 bridgehead atoms. The molecular formula is C8H12N2O2S. The van der Waals surface area contributed by atoms with Crippen LogP contribution < -0.4 is 5.73 Å². The van der Waals surface area contributed by atoms with Gasteiger partial charge in [0.15, 0.2) is 0 Å². The van der Waals surface area contributed by atoms with Gasteiger partial charge in [-0.2, -0.15) is 0 Å². The van der Waals surface area contributed by atoms with Crippen molar-refractivity contribution in [2.45, 2.75) is 25.3 Å². The van der Waals surface area contributed by atoms with E-state index in [1.807, 2.05) is 0 Å². The van der Waals surface area contributed by atoms with Crippen LogP contribution in [0, 0.1) is 0 Å². The summed E-state index contributed by atoms with van der Waals surface area (Å²) >= 11 is 1.42. The second-order valence-corrected chi connectivity index (χ2v) is 4.29. The Morgan fingerprint density at radius 1 is 1.77 bits per heavy atom. The van der Waals surface area contributed by atoms with Crippen LogP contribution in [-0.2, 0) is 10.2 Å². The average Bonchev–Trinajstić information content (AvgIpc) is 2.54. The van der Waals surface area contributed by atoms with Crippen molar-refractivity contribution in [1.82, 2.24) is 4.98 Å². The maximum atomic E-state index is 10.7. The van der Waals surface area contributed by atoms with Crippen LogP contribution in [0.1, 0.15) is 18.7 Å². The molecule has 1 rings (SSSR count). The minimum atomic E-state index is -0.988. The molecule has 0 fully saturated rings. The lowest BCUT2D eigenvalue weighted by atomic mass is 9.84. The summed E-state index contributed by atoms with van der Waals surface area (Å²) in [7, 11) is 0. The third kappa shape index (κ3) is 1.87. The third-order valence-corrected chi connectivity index (χ3v) is 3.22. The fourth-order valence-electron chi connectivity index (χ4n) is 0.996. The van der Waals surface area contributed by atoms with Crippen LogP contribution in [-0.4, -0.2) is 22.1 Å². The lowest BCUT2D eigenvalue weighted by Crippen LogP contribution is -2.46. The number of aliphatic carboxylic acids is 1. The van der Waals surface area contributed by atoms with Gasteiger partial charge in [-0.25, -0.2) is 0 Å². The molecule has 4 nitrogen and oxygen atoms in total. The summed E-state index contributed by atoms with van der Waals surface area (Å²) in [6.45, 7) is 3.61. The van der Waals surface area contributed by atoms with E-state index in [-0.39, 0.29) is 0 Å². The van der Waals surface area contributed by atoms with Crippen LogP contribution in [0.25, 0.3) is 0 Å². The minimum Gasteiger partial charge on any atom is -0.480 e. The molecule has 13 heavy (non-hydrogen) atoms. The van der Waals surface area contributed by atoms with Crippen LogP contribution in [0.3, 0.4) is 0 Å². The molecule has 0 radical (unpaired) electrons. The van der Waals surface area contributed by atoms with Gasteiger partial charge in [0.2, 0.25) is 0 Å². The van der Waals surface area contributed by atoms with Gasteiger partial charge < -0.3 is 10.8 Å². The number of nitrogens with zero attached hydrogens (tertiary/aromatic N) is 1. The van der Waals surface area contributed by atoms with Crippen molar-refractivity contribution in [1.29, 1.82) is 0 Å². The molecule has 1 atom stereocenters. The largest absolute Gasteiger partial charge is 0.480 e. The van der Waals surface area contributed by atoms with Crippen molar-refractivity contribution in [2.24, 2.45) is 5.73 Å². The molecular weight excluding hydrogens is 188 g/mol. The quantitative estimate of drug-likeness (QED) is 0.757. The Morgan fingerprint density at radius 2 is 2.38 bits per heavy atom.